The molecule has 4 nitrogen and oxygen atoms in total. The predicted octanol–water partition coefficient (Wildman–Crippen LogP) is 0.869. The maximum absolute atomic E-state index is 8.86. The fraction of sp³-hybridized carbons (Fsp3) is 0.545. The van der Waals surface area contributed by atoms with Gasteiger partial charge in [-0.15, -0.1) is 0 Å². The van der Waals surface area contributed by atoms with Crippen molar-refractivity contribution in [2.45, 2.75) is 26.4 Å². The Bertz CT molecular complexity index is 315. The Morgan fingerprint density at radius 2 is 2.27 bits per heavy atom. The normalized spacial score (nSPS) is 12.5. The summed E-state index contributed by atoms with van der Waals surface area (Å²) in [5.41, 5.74) is 1.86. The first kappa shape index (κ1) is 11.9. The summed E-state index contributed by atoms with van der Waals surface area (Å²) in [7, 11) is 1.64. The van der Waals surface area contributed by atoms with Crippen molar-refractivity contribution in [3.05, 3.63) is 23.5 Å². The van der Waals surface area contributed by atoms with Crippen molar-refractivity contribution in [1.29, 1.82) is 0 Å². The third-order valence-corrected chi connectivity index (χ3v) is 2.12. The Hall–Kier alpha value is -1.13. The van der Waals surface area contributed by atoms with Crippen LogP contribution in [0.3, 0.4) is 0 Å². The number of nitrogens with zero attached hydrogens (tertiary/aromatic N) is 1. The van der Waals surface area contributed by atoms with Crippen LogP contribution in [-0.4, -0.2) is 29.8 Å². The van der Waals surface area contributed by atoms with Crippen LogP contribution in [0, 0.1) is 6.92 Å². The molecule has 15 heavy (non-hydrogen) atoms. The lowest BCUT2D eigenvalue weighted by Gasteiger charge is -2.11. The second-order valence-electron chi connectivity index (χ2n) is 3.60. The predicted molar refractivity (Wildman–Crippen MR) is 58.9 cm³/mol. The fourth-order valence-electron chi connectivity index (χ4n) is 1.25. The van der Waals surface area contributed by atoms with Crippen LogP contribution in [0.15, 0.2) is 12.1 Å². The zero-order valence-corrected chi connectivity index (χ0v) is 9.45. The lowest BCUT2D eigenvalue weighted by Crippen LogP contribution is -2.29. The minimum Gasteiger partial charge on any atom is -0.497 e. The van der Waals surface area contributed by atoms with Gasteiger partial charge in [-0.2, -0.15) is 0 Å². The molecule has 1 aromatic heterocycles. The van der Waals surface area contributed by atoms with Gasteiger partial charge >= 0.3 is 0 Å². The van der Waals surface area contributed by atoms with Crippen molar-refractivity contribution >= 4 is 0 Å². The Morgan fingerprint density at radius 3 is 2.87 bits per heavy atom. The van der Waals surface area contributed by atoms with Crippen LogP contribution in [0.5, 0.6) is 5.75 Å². The van der Waals surface area contributed by atoms with Gasteiger partial charge in [-0.1, -0.05) is 0 Å². The number of pyridine rings is 1. The van der Waals surface area contributed by atoms with Crippen molar-refractivity contribution < 1.29 is 9.84 Å². The minimum atomic E-state index is 0.0818. The Balaban J connectivity index is 2.64. The number of aromatic nitrogens is 1. The molecule has 0 saturated heterocycles. The number of hydrogen-bond donors (Lipinski definition) is 2. The summed E-state index contributed by atoms with van der Waals surface area (Å²) in [6.45, 7) is 4.62. The van der Waals surface area contributed by atoms with Crippen LogP contribution in [0.1, 0.15) is 18.3 Å². The van der Waals surface area contributed by atoms with Gasteiger partial charge in [0.2, 0.25) is 0 Å². The van der Waals surface area contributed by atoms with Gasteiger partial charge < -0.3 is 15.2 Å². The molecule has 1 aromatic rings. The maximum Gasteiger partial charge on any atom is 0.122 e. The molecule has 1 heterocycles. The highest BCUT2D eigenvalue weighted by molar-refractivity contribution is 5.26. The number of hydrogen-bond acceptors (Lipinski definition) is 4. The first-order valence-electron chi connectivity index (χ1n) is 5.01. The molecular formula is C11H18N2O2. The molecule has 1 atom stereocenters. The number of aliphatic hydroxyl groups excluding tert-OH is 1. The quantitative estimate of drug-likeness (QED) is 0.757. The van der Waals surface area contributed by atoms with Gasteiger partial charge in [0.05, 0.1) is 19.4 Å². The highest BCUT2D eigenvalue weighted by Crippen LogP contribution is 2.13. The molecule has 0 bridgehead atoms. The fourth-order valence-corrected chi connectivity index (χ4v) is 1.25. The van der Waals surface area contributed by atoms with Crippen LogP contribution in [-0.2, 0) is 6.54 Å². The van der Waals surface area contributed by atoms with E-state index < -0.39 is 0 Å². The minimum absolute atomic E-state index is 0.0818. The van der Waals surface area contributed by atoms with Gasteiger partial charge in [-0.25, -0.2) is 0 Å². The van der Waals surface area contributed by atoms with Crippen LogP contribution in [0.25, 0.3) is 0 Å². The van der Waals surface area contributed by atoms with E-state index in [4.69, 9.17) is 9.84 Å². The number of nitrogens with one attached hydrogen (secondary N) is 1. The van der Waals surface area contributed by atoms with Crippen LogP contribution in [0.4, 0.5) is 0 Å². The highest BCUT2D eigenvalue weighted by atomic mass is 16.5. The summed E-state index contributed by atoms with van der Waals surface area (Å²) < 4.78 is 5.15. The molecule has 0 aromatic carbocycles. The summed E-state index contributed by atoms with van der Waals surface area (Å²) in [5, 5.41) is 12.0. The molecule has 2 N–H and O–H groups in total. The van der Waals surface area contributed by atoms with Gasteiger partial charge in [-0.05, 0) is 13.8 Å². The van der Waals surface area contributed by atoms with Crippen molar-refractivity contribution in [2.75, 3.05) is 13.7 Å². The van der Waals surface area contributed by atoms with Gasteiger partial charge in [0.1, 0.15) is 5.75 Å². The molecule has 1 unspecified atom stereocenters. The third-order valence-electron chi connectivity index (χ3n) is 2.12. The molecule has 0 aliphatic carbocycles. The van der Waals surface area contributed by atoms with E-state index in [1.54, 1.807) is 7.11 Å². The molecule has 0 aliphatic rings. The lowest BCUT2D eigenvalue weighted by molar-refractivity contribution is 0.250. The molecule has 0 amide bonds. The van der Waals surface area contributed by atoms with E-state index >= 15 is 0 Å². The molecule has 0 radical (unpaired) electrons. The molecular weight excluding hydrogens is 192 g/mol. The highest BCUT2D eigenvalue weighted by Gasteiger charge is 2.02. The van der Waals surface area contributed by atoms with E-state index in [9.17, 15) is 0 Å². The van der Waals surface area contributed by atoms with E-state index in [-0.39, 0.29) is 12.6 Å². The van der Waals surface area contributed by atoms with Gasteiger partial charge in [0.15, 0.2) is 0 Å². The van der Waals surface area contributed by atoms with Gasteiger partial charge in [0.25, 0.3) is 0 Å². The van der Waals surface area contributed by atoms with Crippen LogP contribution < -0.4 is 10.1 Å². The van der Waals surface area contributed by atoms with E-state index in [0.29, 0.717) is 6.54 Å². The van der Waals surface area contributed by atoms with Crippen LogP contribution in [0.2, 0.25) is 0 Å². The number of aliphatic hydroxyl groups is 1. The summed E-state index contributed by atoms with van der Waals surface area (Å²) >= 11 is 0. The third kappa shape index (κ3) is 3.85. The summed E-state index contributed by atoms with van der Waals surface area (Å²) in [6, 6.07) is 3.86. The number of methoxy groups -OCH3 is 1. The monoisotopic (exact) mass is 210 g/mol. The molecule has 0 aliphatic heterocycles. The second kappa shape index (κ2) is 5.68. The average molecular weight is 210 g/mol. The van der Waals surface area contributed by atoms with E-state index in [2.05, 4.69) is 10.3 Å². The lowest BCUT2D eigenvalue weighted by atomic mass is 10.2. The first-order chi connectivity index (χ1) is 7.15. The number of rotatable bonds is 5. The standard InChI is InChI=1S/C11H18N2O2/c1-8-4-11(15-3)5-10(13-8)6-12-9(2)7-14/h4-5,9,12,14H,6-7H2,1-3H3. The molecule has 0 spiro atoms. The van der Waals surface area contributed by atoms with E-state index in [1.807, 2.05) is 26.0 Å². The van der Waals surface area contributed by atoms with Gasteiger partial charge in [-0.3, -0.25) is 4.98 Å². The summed E-state index contributed by atoms with van der Waals surface area (Å²) in [4.78, 5) is 4.36. The number of ether oxygens (including phenoxy) is 1. The largest absolute Gasteiger partial charge is 0.497 e. The van der Waals surface area contributed by atoms with Crippen molar-refractivity contribution in [2.24, 2.45) is 0 Å². The maximum atomic E-state index is 8.86. The smallest absolute Gasteiger partial charge is 0.122 e. The van der Waals surface area contributed by atoms with Crippen molar-refractivity contribution in [3.8, 4) is 5.75 Å². The summed E-state index contributed by atoms with van der Waals surface area (Å²) in [5.74, 6) is 0.816. The Morgan fingerprint density at radius 1 is 1.53 bits per heavy atom. The molecule has 1 rings (SSSR count). The summed E-state index contributed by atoms with van der Waals surface area (Å²) in [6.07, 6.45) is 0. The zero-order chi connectivity index (χ0) is 11.3. The van der Waals surface area contributed by atoms with E-state index in [0.717, 1.165) is 17.1 Å². The average Bonchev–Trinajstić information content (AvgIpc) is 2.25. The SMILES string of the molecule is COc1cc(C)nc(CNC(C)CO)c1. The Labute approximate surface area is 90.3 Å². The number of aryl methyl sites for hydroxylation is 1. The van der Waals surface area contributed by atoms with Gasteiger partial charge in [0, 0.05) is 30.4 Å². The molecule has 4 heteroatoms. The van der Waals surface area contributed by atoms with E-state index in [1.165, 1.54) is 0 Å². The second-order valence-corrected chi connectivity index (χ2v) is 3.60. The van der Waals surface area contributed by atoms with Crippen molar-refractivity contribution in [1.82, 2.24) is 10.3 Å². The van der Waals surface area contributed by atoms with Crippen molar-refractivity contribution in [3.63, 3.8) is 0 Å². The topological polar surface area (TPSA) is 54.4 Å². The Kier molecular flexibility index (Phi) is 4.52. The first-order valence-corrected chi connectivity index (χ1v) is 5.01. The molecule has 0 fully saturated rings. The van der Waals surface area contributed by atoms with Crippen LogP contribution >= 0.6 is 0 Å². The molecule has 84 valence electrons. The molecule has 0 saturated carbocycles. The zero-order valence-electron chi connectivity index (χ0n) is 9.45.